The summed E-state index contributed by atoms with van der Waals surface area (Å²) in [4.78, 5) is 12.2. The van der Waals surface area contributed by atoms with Gasteiger partial charge in [0.25, 0.3) is 0 Å². The predicted octanol–water partition coefficient (Wildman–Crippen LogP) is 1.56. The molecule has 3 heteroatoms. The molecule has 17 heavy (non-hydrogen) atoms. The summed E-state index contributed by atoms with van der Waals surface area (Å²) in [5.74, 6) is 3.57. The lowest BCUT2D eigenvalue weighted by Gasteiger charge is -2.53. The Balaban J connectivity index is 1.65. The van der Waals surface area contributed by atoms with Gasteiger partial charge in [-0.25, -0.2) is 0 Å². The second-order valence-electron chi connectivity index (χ2n) is 6.55. The van der Waals surface area contributed by atoms with E-state index in [1.807, 2.05) is 0 Å². The van der Waals surface area contributed by atoms with Crippen LogP contribution in [-0.2, 0) is 4.79 Å². The maximum absolute atomic E-state index is 12.2. The number of carbonyl (C=O) groups is 1. The minimum Gasteiger partial charge on any atom is -0.392 e. The van der Waals surface area contributed by atoms with Gasteiger partial charge in [0.05, 0.1) is 6.10 Å². The molecule has 0 spiro atoms. The fourth-order valence-electron chi connectivity index (χ4n) is 4.72. The molecule has 2 N–H and O–H groups in total. The first-order valence-electron chi connectivity index (χ1n) is 7.09. The molecule has 1 atom stereocenters. The van der Waals surface area contributed by atoms with Crippen LogP contribution in [-0.4, -0.2) is 23.7 Å². The molecule has 0 radical (unpaired) electrons. The Labute approximate surface area is 103 Å². The SMILES string of the molecule is CC(O)CNC(=O)C1C2CC3CC(C2)CC1C3. The average Bonchev–Trinajstić information content (AvgIpc) is 2.24. The van der Waals surface area contributed by atoms with Crippen molar-refractivity contribution in [3.63, 3.8) is 0 Å². The number of rotatable bonds is 3. The molecule has 3 nitrogen and oxygen atoms in total. The van der Waals surface area contributed by atoms with Gasteiger partial charge >= 0.3 is 0 Å². The molecule has 4 aliphatic carbocycles. The van der Waals surface area contributed by atoms with E-state index in [4.69, 9.17) is 0 Å². The third-order valence-electron chi connectivity index (χ3n) is 5.10. The first-order chi connectivity index (χ1) is 8.13. The Hall–Kier alpha value is -0.570. The number of aliphatic hydroxyl groups excluding tert-OH is 1. The number of amides is 1. The van der Waals surface area contributed by atoms with Crippen LogP contribution in [0, 0.1) is 29.6 Å². The van der Waals surface area contributed by atoms with E-state index < -0.39 is 6.10 Å². The van der Waals surface area contributed by atoms with Crippen molar-refractivity contribution in [1.29, 1.82) is 0 Å². The molecule has 4 rings (SSSR count). The summed E-state index contributed by atoms with van der Waals surface area (Å²) in [6.45, 7) is 2.12. The highest BCUT2D eigenvalue weighted by Crippen LogP contribution is 2.56. The largest absolute Gasteiger partial charge is 0.392 e. The van der Waals surface area contributed by atoms with Crippen LogP contribution < -0.4 is 5.32 Å². The van der Waals surface area contributed by atoms with E-state index >= 15 is 0 Å². The van der Waals surface area contributed by atoms with Gasteiger partial charge in [0, 0.05) is 12.5 Å². The highest BCUT2D eigenvalue weighted by atomic mass is 16.3. The molecular weight excluding hydrogens is 214 g/mol. The van der Waals surface area contributed by atoms with Crippen molar-refractivity contribution in [2.75, 3.05) is 6.54 Å². The zero-order chi connectivity index (χ0) is 12.0. The fraction of sp³-hybridized carbons (Fsp3) is 0.929. The summed E-state index contributed by atoms with van der Waals surface area (Å²) in [7, 11) is 0. The molecule has 0 aliphatic heterocycles. The van der Waals surface area contributed by atoms with E-state index in [0.29, 0.717) is 18.4 Å². The normalized spacial score (nSPS) is 44.7. The zero-order valence-corrected chi connectivity index (χ0v) is 10.6. The van der Waals surface area contributed by atoms with Gasteiger partial charge in [0.2, 0.25) is 5.91 Å². The van der Waals surface area contributed by atoms with Crippen LogP contribution in [0.25, 0.3) is 0 Å². The number of hydrogen-bond donors (Lipinski definition) is 2. The Kier molecular flexibility index (Phi) is 2.89. The lowest BCUT2D eigenvalue weighted by atomic mass is 9.51. The van der Waals surface area contributed by atoms with Gasteiger partial charge in [0.15, 0.2) is 0 Å². The van der Waals surface area contributed by atoms with Gasteiger partial charge < -0.3 is 10.4 Å². The predicted molar refractivity (Wildman–Crippen MR) is 65.2 cm³/mol. The molecule has 1 amide bonds. The van der Waals surface area contributed by atoms with E-state index in [0.717, 1.165) is 11.8 Å². The Morgan fingerprint density at radius 2 is 1.71 bits per heavy atom. The molecule has 96 valence electrons. The molecule has 4 fully saturated rings. The van der Waals surface area contributed by atoms with Crippen LogP contribution in [0.1, 0.15) is 39.0 Å². The molecule has 0 heterocycles. The van der Waals surface area contributed by atoms with Gasteiger partial charge in [-0.3, -0.25) is 4.79 Å². The van der Waals surface area contributed by atoms with Crippen molar-refractivity contribution < 1.29 is 9.90 Å². The van der Waals surface area contributed by atoms with Crippen LogP contribution in [0.15, 0.2) is 0 Å². The van der Waals surface area contributed by atoms with Crippen molar-refractivity contribution in [3.8, 4) is 0 Å². The van der Waals surface area contributed by atoms with Crippen molar-refractivity contribution in [3.05, 3.63) is 0 Å². The topological polar surface area (TPSA) is 49.3 Å². The first-order valence-corrected chi connectivity index (χ1v) is 7.09. The van der Waals surface area contributed by atoms with Crippen molar-refractivity contribution >= 4 is 5.91 Å². The van der Waals surface area contributed by atoms with Crippen LogP contribution >= 0.6 is 0 Å². The number of nitrogens with one attached hydrogen (secondary N) is 1. The Morgan fingerprint density at radius 1 is 1.18 bits per heavy atom. The monoisotopic (exact) mass is 237 g/mol. The molecule has 0 saturated heterocycles. The molecule has 0 aromatic rings. The van der Waals surface area contributed by atoms with Crippen molar-refractivity contribution in [1.82, 2.24) is 5.32 Å². The molecular formula is C14H23NO2. The van der Waals surface area contributed by atoms with Crippen LogP contribution in [0.3, 0.4) is 0 Å². The van der Waals surface area contributed by atoms with E-state index in [2.05, 4.69) is 5.32 Å². The number of carbonyl (C=O) groups excluding carboxylic acids is 1. The highest BCUT2D eigenvalue weighted by Gasteiger charge is 2.50. The summed E-state index contributed by atoms with van der Waals surface area (Å²) in [6, 6.07) is 0. The third kappa shape index (κ3) is 2.10. The maximum Gasteiger partial charge on any atom is 0.223 e. The second kappa shape index (κ2) is 4.27. The lowest BCUT2D eigenvalue weighted by molar-refractivity contribution is -0.138. The van der Waals surface area contributed by atoms with E-state index in [-0.39, 0.29) is 11.8 Å². The average molecular weight is 237 g/mol. The Bertz CT molecular complexity index is 285. The van der Waals surface area contributed by atoms with E-state index in [9.17, 15) is 9.90 Å². The van der Waals surface area contributed by atoms with Gasteiger partial charge in [-0.15, -0.1) is 0 Å². The van der Waals surface area contributed by atoms with E-state index in [1.54, 1.807) is 6.92 Å². The van der Waals surface area contributed by atoms with Gasteiger partial charge in [0.1, 0.15) is 0 Å². The summed E-state index contributed by atoms with van der Waals surface area (Å²) in [5, 5.41) is 12.2. The molecule has 4 saturated carbocycles. The minimum atomic E-state index is -0.434. The molecule has 0 aromatic carbocycles. The first kappa shape index (κ1) is 11.5. The molecule has 4 bridgehead atoms. The summed E-state index contributed by atoms with van der Waals surface area (Å²) < 4.78 is 0. The number of hydrogen-bond acceptors (Lipinski definition) is 2. The van der Waals surface area contributed by atoms with Crippen molar-refractivity contribution in [2.24, 2.45) is 29.6 Å². The van der Waals surface area contributed by atoms with Gasteiger partial charge in [-0.1, -0.05) is 0 Å². The lowest BCUT2D eigenvalue weighted by Crippen LogP contribution is -2.51. The smallest absolute Gasteiger partial charge is 0.223 e. The van der Waals surface area contributed by atoms with Gasteiger partial charge in [-0.2, -0.15) is 0 Å². The summed E-state index contributed by atoms with van der Waals surface area (Å²) in [6.07, 6.45) is 6.10. The van der Waals surface area contributed by atoms with E-state index in [1.165, 1.54) is 32.1 Å². The van der Waals surface area contributed by atoms with Crippen molar-refractivity contribution in [2.45, 2.75) is 45.1 Å². The van der Waals surface area contributed by atoms with Crippen LogP contribution in [0.5, 0.6) is 0 Å². The van der Waals surface area contributed by atoms with Crippen LogP contribution in [0.4, 0.5) is 0 Å². The maximum atomic E-state index is 12.2. The second-order valence-corrected chi connectivity index (χ2v) is 6.55. The molecule has 0 aromatic heterocycles. The third-order valence-corrected chi connectivity index (χ3v) is 5.10. The number of aliphatic hydroxyl groups is 1. The molecule has 1 unspecified atom stereocenters. The summed E-state index contributed by atoms with van der Waals surface area (Å²) in [5.41, 5.74) is 0. The van der Waals surface area contributed by atoms with Gasteiger partial charge in [-0.05, 0) is 62.7 Å². The standard InChI is InChI=1S/C14H23NO2/c1-8(16)7-15-14(17)13-11-3-9-2-10(5-11)6-12(13)4-9/h8-13,16H,2-7H2,1H3,(H,15,17). The highest BCUT2D eigenvalue weighted by molar-refractivity contribution is 5.79. The Morgan fingerprint density at radius 3 is 2.18 bits per heavy atom. The van der Waals surface area contributed by atoms with Crippen LogP contribution in [0.2, 0.25) is 0 Å². The quantitative estimate of drug-likeness (QED) is 0.782. The molecule has 4 aliphatic rings. The minimum absolute atomic E-state index is 0.208. The fourth-order valence-corrected chi connectivity index (χ4v) is 4.72. The summed E-state index contributed by atoms with van der Waals surface area (Å²) >= 11 is 0. The zero-order valence-electron chi connectivity index (χ0n) is 10.6.